The molecular weight excluding hydrogens is 385 g/mol. The predicted molar refractivity (Wildman–Crippen MR) is 107 cm³/mol. The molecule has 1 unspecified atom stereocenters. The lowest BCUT2D eigenvalue weighted by atomic mass is 9.76. The molecule has 6 rings (SSSR count). The number of anilines is 1. The van der Waals surface area contributed by atoms with Crippen LogP contribution in [0.3, 0.4) is 0 Å². The fourth-order valence-corrected chi connectivity index (χ4v) is 4.69. The molecule has 3 aromatic carbocycles. The number of ether oxygens (including phenoxy) is 2. The lowest BCUT2D eigenvalue weighted by Crippen LogP contribution is -2.42. The van der Waals surface area contributed by atoms with Gasteiger partial charge in [-0.05, 0) is 35.4 Å². The third-order valence-corrected chi connectivity index (χ3v) is 6.16. The third kappa shape index (κ3) is 2.16. The monoisotopic (exact) mass is 401 g/mol. The largest absolute Gasteiger partial charge is 0.491 e. The Morgan fingerprint density at radius 1 is 0.933 bits per heavy atom. The van der Waals surface area contributed by atoms with Crippen LogP contribution in [-0.2, 0) is 16.8 Å². The molecule has 3 aliphatic rings. The van der Waals surface area contributed by atoms with Gasteiger partial charge in [-0.1, -0.05) is 30.3 Å². The molecule has 3 heterocycles. The summed E-state index contributed by atoms with van der Waals surface area (Å²) < 4.78 is 24.7. The second-order valence-electron chi connectivity index (χ2n) is 7.79. The predicted octanol–water partition coefficient (Wildman–Crippen LogP) is 3.63. The van der Waals surface area contributed by atoms with Gasteiger partial charge in [-0.3, -0.25) is 9.59 Å². The first-order valence-corrected chi connectivity index (χ1v) is 9.71. The highest BCUT2D eigenvalue weighted by Gasteiger charge is 2.57. The summed E-state index contributed by atoms with van der Waals surface area (Å²) in [6, 6.07) is 17.2. The molecule has 1 spiro atoms. The van der Waals surface area contributed by atoms with Gasteiger partial charge in [0.15, 0.2) is 6.61 Å². The van der Waals surface area contributed by atoms with E-state index < -0.39 is 5.41 Å². The fourth-order valence-electron chi connectivity index (χ4n) is 4.69. The van der Waals surface area contributed by atoms with E-state index in [4.69, 9.17) is 9.47 Å². The fraction of sp³-hybridized carbons (Fsp3) is 0.167. The summed E-state index contributed by atoms with van der Waals surface area (Å²) in [5.74, 6) is 0.532. The van der Waals surface area contributed by atoms with Crippen molar-refractivity contribution in [2.45, 2.75) is 12.0 Å². The first-order chi connectivity index (χ1) is 14.6. The van der Waals surface area contributed by atoms with Gasteiger partial charge in [0.25, 0.3) is 0 Å². The zero-order valence-corrected chi connectivity index (χ0v) is 15.9. The van der Waals surface area contributed by atoms with Gasteiger partial charge in [0.2, 0.25) is 11.7 Å². The van der Waals surface area contributed by atoms with Crippen molar-refractivity contribution in [2.24, 2.45) is 0 Å². The minimum atomic E-state index is -1.01. The van der Waals surface area contributed by atoms with Crippen LogP contribution in [0.1, 0.15) is 27.0 Å². The van der Waals surface area contributed by atoms with Crippen LogP contribution in [-0.4, -0.2) is 24.9 Å². The molecule has 5 nitrogen and oxygen atoms in total. The van der Waals surface area contributed by atoms with E-state index in [1.165, 1.54) is 12.1 Å². The topological polar surface area (TPSA) is 55.8 Å². The Bertz CT molecular complexity index is 1240. The number of nitrogens with zero attached hydrogens (tertiary/aromatic N) is 1. The van der Waals surface area contributed by atoms with Crippen LogP contribution < -0.4 is 14.4 Å². The number of hydrogen-bond acceptors (Lipinski definition) is 4. The molecule has 1 atom stereocenters. The Morgan fingerprint density at radius 2 is 1.73 bits per heavy atom. The van der Waals surface area contributed by atoms with Crippen molar-refractivity contribution in [3.8, 4) is 11.5 Å². The Labute approximate surface area is 171 Å². The summed E-state index contributed by atoms with van der Waals surface area (Å²) in [6.45, 7) is 0.488. The van der Waals surface area contributed by atoms with Gasteiger partial charge in [-0.2, -0.15) is 0 Å². The molecule has 0 aromatic heterocycles. The minimum Gasteiger partial charge on any atom is -0.491 e. The van der Waals surface area contributed by atoms with E-state index in [1.807, 2.05) is 24.3 Å². The van der Waals surface area contributed by atoms with Crippen LogP contribution in [0.2, 0.25) is 0 Å². The van der Waals surface area contributed by atoms with Crippen molar-refractivity contribution in [3.05, 3.63) is 88.7 Å². The van der Waals surface area contributed by atoms with Crippen LogP contribution in [0.5, 0.6) is 11.5 Å². The Hall–Kier alpha value is -3.67. The third-order valence-electron chi connectivity index (χ3n) is 6.16. The van der Waals surface area contributed by atoms with E-state index >= 15 is 0 Å². The molecule has 0 aliphatic carbocycles. The Kier molecular flexibility index (Phi) is 3.40. The van der Waals surface area contributed by atoms with E-state index in [9.17, 15) is 14.0 Å². The van der Waals surface area contributed by atoms with Gasteiger partial charge in [0.05, 0.1) is 12.1 Å². The number of hydrogen-bond donors (Lipinski definition) is 0. The summed E-state index contributed by atoms with van der Waals surface area (Å²) in [5, 5.41) is 0. The highest BCUT2D eigenvalue weighted by atomic mass is 19.1. The zero-order chi connectivity index (χ0) is 20.5. The van der Waals surface area contributed by atoms with Gasteiger partial charge in [0, 0.05) is 17.3 Å². The molecule has 0 saturated carbocycles. The van der Waals surface area contributed by atoms with E-state index in [-0.39, 0.29) is 30.7 Å². The zero-order valence-electron chi connectivity index (χ0n) is 15.9. The summed E-state index contributed by atoms with van der Waals surface area (Å²) >= 11 is 0. The van der Waals surface area contributed by atoms with E-state index in [0.717, 1.165) is 16.8 Å². The number of carbonyl (C=O) groups is 2. The van der Waals surface area contributed by atoms with Crippen molar-refractivity contribution in [1.82, 2.24) is 0 Å². The second kappa shape index (κ2) is 5.92. The second-order valence-corrected chi connectivity index (χ2v) is 7.79. The van der Waals surface area contributed by atoms with Gasteiger partial charge in [0.1, 0.15) is 29.3 Å². The molecule has 0 radical (unpaired) electrons. The molecule has 1 amide bonds. The lowest BCUT2D eigenvalue weighted by Gasteiger charge is -2.23. The summed E-state index contributed by atoms with van der Waals surface area (Å²) in [5.41, 5.74) is 2.64. The van der Waals surface area contributed by atoms with Crippen LogP contribution in [0.25, 0.3) is 0 Å². The number of Topliss-reactive ketones (excluding diaryl/α,β-unsaturated/α-hetero) is 1. The summed E-state index contributed by atoms with van der Waals surface area (Å²) in [4.78, 5) is 27.8. The molecule has 0 saturated heterocycles. The van der Waals surface area contributed by atoms with Crippen molar-refractivity contribution >= 4 is 17.4 Å². The summed E-state index contributed by atoms with van der Waals surface area (Å²) in [7, 11) is 0. The maximum Gasteiger partial charge on any atom is 0.246 e. The summed E-state index contributed by atoms with van der Waals surface area (Å²) in [6.07, 6.45) is 0. The lowest BCUT2D eigenvalue weighted by molar-refractivity contribution is -0.122. The standard InChI is InChI=1S/C24H16FNO4/c25-15-7-5-14(6-8-15)11-26-19-4-2-1-3-17(19)24(23(26)28)13-30-22-10-21-16(9-18(22)24)20(27)12-29-21/h1-10H,11-13H2. The van der Waals surface area contributed by atoms with E-state index in [0.29, 0.717) is 29.2 Å². The molecule has 0 fully saturated rings. The van der Waals surface area contributed by atoms with Gasteiger partial charge in [-0.15, -0.1) is 0 Å². The van der Waals surface area contributed by atoms with E-state index in [1.54, 1.807) is 29.2 Å². The number of carbonyl (C=O) groups excluding carboxylic acids is 2. The SMILES string of the molecule is O=C1COc2cc3c(cc21)C1(CO3)C(=O)N(Cc2ccc(F)cc2)c2ccccc21. The van der Waals surface area contributed by atoms with Crippen LogP contribution >= 0.6 is 0 Å². The van der Waals surface area contributed by atoms with Crippen LogP contribution in [0.15, 0.2) is 60.7 Å². The normalized spacial score (nSPS) is 20.8. The first-order valence-electron chi connectivity index (χ1n) is 9.71. The number of rotatable bonds is 2. The minimum absolute atomic E-state index is 0.00640. The van der Waals surface area contributed by atoms with Crippen molar-refractivity contribution in [3.63, 3.8) is 0 Å². The van der Waals surface area contributed by atoms with Crippen molar-refractivity contribution < 1.29 is 23.5 Å². The molecule has 30 heavy (non-hydrogen) atoms. The van der Waals surface area contributed by atoms with Crippen LogP contribution in [0, 0.1) is 5.82 Å². The van der Waals surface area contributed by atoms with Gasteiger partial charge < -0.3 is 14.4 Å². The number of fused-ring (bicyclic) bond motifs is 5. The number of halogens is 1. The Morgan fingerprint density at radius 3 is 2.57 bits per heavy atom. The Balaban J connectivity index is 1.50. The molecule has 0 N–H and O–H groups in total. The van der Waals surface area contributed by atoms with Crippen LogP contribution in [0.4, 0.5) is 10.1 Å². The molecular formula is C24H16FNO4. The number of ketones is 1. The molecule has 3 aromatic rings. The van der Waals surface area contributed by atoms with E-state index in [2.05, 4.69) is 0 Å². The smallest absolute Gasteiger partial charge is 0.246 e. The van der Waals surface area contributed by atoms with Crippen molar-refractivity contribution in [2.75, 3.05) is 18.1 Å². The molecule has 0 bridgehead atoms. The highest BCUT2D eigenvalue weighted by Crippen LogP contribution is 2.54. The maximum absolute atomic E-state index is 13.9. The number of amides is 1. The quantitative estimate of drug-likeness (QED) is 0.658. The molecule has 148 valence electrons. The number of benzene rings is 3. The van der Waals surface area contributed by atoms with Gasteiger partial charge >= 0.3 is 0 Å². The molecule has 3 aliphatic heterocycles. The first kappa shape index (κ1) is 17.2. The van der Waals surface area contributed by atoms with Gasteiger partial charge in [-0.25, -0.2) is 4.39 Å². The molecule has 6 heteroatoms. The average Bonchev–Trinajstić information content (AvgIpc) is 3.39. The highest BCUT2D eigenvalue weighted by molar-refractivity contribution is 6.12. The number of para-hydroxylation sites is 1. The average molecular weight is 401 g/mol. The van der Waals surface area contributed by atoms with Crippen molar-refractivity contribution in [1.29, 1.82) is 0 Å². The maximum atomic E-state index is 13.9.